The Morgan fingerprint density at radius 1 is 1.31 bits per heavy atom. The molecule has 0 aromatic heterocycles. The van der Waals surface area contributed by atoms with Crippen molar-refractivity contribution < 1.29 is 14.3 Å². The monoisotopic (exact) mass is 412 g/mol. The molecule has 1 N–H and O–H groups in total. The highest BCUT2D eigenvalue weighted by Gasteiger charge is 2.16. The molecule has 0 spiro atoms. The Morgan fingerprint density at radius 3 is 2.62 bits per heavy atom. The summed E-state index contributed by atoms with van der Waals surface area (Å²) in [6.45, 7) is 7.83. The maximum absolute atomic E-state index is 12.6. The number of amides is 1. The fraction of sp³-hybridized carbons (Fsp3) is 0.304. The van der Waals surface area contributed by atoms with Gasteiger partial charge in [0, 0.05) is 5.69 Å². The number of carbonyl (C=O) groups excluding carboxylic acids is 1. The number of nitriles is 1. The number of methoxy groups -OCH3 is 1. The van der Waals surface area contributed by atoms with Crippen LogP contribution in [0.3, 0.4) is 0 Å². The number of aryl methyl sites for hydroxylation is 2. The van der Waals surface area contributed by atoms with Crippen molar-refractivity contribution in [2.75, 3.05) is 12.4 Å². The van der Waals surface area contributed by atoms with Crippen molar-refractivity contribution >= 4 is 29.3 Å². The SMILES string of the molecule is CCC(C)Oc1c(Cl)cc(/C=C(/C#N)C(=O)Nc2ccc(C)cc2C)cc1OC. The molecule has 6 heteroatoms. The van der Waals surface area contributed by atoms with Crippen LogP contribution in [-0.2, 0) is 4.79 Å². The molecule has 1 amide bonds. The topological polar surface area (TPSA) is 71.3 Å². The van der Waals surface area contributed by atoms with Gasteiger partial charge in [-0.25, -0.2) is 0 Å². The van der Waals surface area contributed by atoms with E-state index in [1.165, 1.54) is 13.2 Å². The van der Waals surface area contributed by atoms with Gasteiger partial charge in [0.15, 0.2) is 11.5 Å². The average molecular weight is 413 g/mol. The average Bonchev–Trinajstić information content (AvgIpc) is 2.69. The van der Waals surface area contributed by atoms with E-state index in [1.807, 2.05) is 52.0 Å². The molecular formula is C23H25ClN2O3. The van der Waals surface area contributed by atoms with Crippen molar-refractivity contribution in [1.29, 1.82) is 5.26 Å². The first kappa shape index (κ1) is 22.3. The standard InChI is InChI=1S/C23H25ClN2O3/c1-6-16(4)29-22-19(24)11-17(12-21(22)28-5)10-18(13-25)23(27)26-20-8-7-14(2)9-15(20)3/h7-12,16H,6H2,1-5H3,(H,26,27)/b18-10-. The molecule has 152 valence electrons. The molecule has 0 aliphatic carbocycles. The van der Waals surface area contributed by atoms with E-state index in [-0.39, 0.29) is 11.7 Å². The van der Waals surface area contributed by atoms with E-state index in [9.17, 15) is 10.1 Å². The van der Waals surface area contributed by atoms with Gasteiger partial charge >= 0.3 is 0 Å². The van der Waals surface area contributed by atoms with Crippen LogP contribution >= 0.6 is 11.6 Å². The number of nitrogens with one attached hydrogen (secondary N) is 1. The quantitative estimate of drug-likeness (QED) is 0.468. The van der Waals surface area contributed by atoms with Gasteiger partial charge in [0.2, 0.25) is 0 Å². The number of rotatable bonds is 7. The van der Waals surface area contributed by atoms with E-state index in [4.69, 9.17) is 21.1 Å². The Morgan fingerprint density at radius 2 is 2.03 bits per heavy atom. The van der Waals surface area contributed by atoms with Crippen LogP contribution in [0.4, 0.5) is 5.69 Å². The van der Waals surface area contributed by atoms with Crippen LogP contribution in [0, 0.1) is 25.2 Å². The minimum absolute atomic E-state index is 0.0269. The first-order chi connectivity index (χ1) is 13.8. The van der Waals surface area contributed by atoms with Crippen LogP contribution in [0.5, 0.6) is 11.5 Å². The summed E-state index contributed by atoms with van der Waals surface area (Å²) in [6.07, 6.45) is 2.26. The fourth-order valence-corrected chi connectivity index (χ4v) is 2.94. The normalized spacial score (nSPS) is 12.1. The number of carbonyl (C=O) groups is 1. The Balaban J connectivity index is 2.33. The molecule has 2 rings (SSSR count). The first-order valence-corrected chi connectivity index (χ1v) is 9.71. The Labute approximate surface area is 176 Å². The smallest absolute Gasteiger partial charge is 0.266 e. The summed E-state index contributed by atoms with van der Waals surface area (Å²) in [7, 11) is 1.51. The van der Waals surface area contributed by atoms with Gasteiger partial charge in [-0.2, -0.15) is 5.26 Å². The summed E-state index contributed by atoms with van der Waals surface area (Å²) < 4.78 is 11.2. The van der Waals surface area contributed by atoms with Crippen LogP contribution in [0.15, 0.2) is 35.9 Å². The lowest BCUT2D eigenvalue weighted by Crippen LogP contribution is -2.14. The summed E-state index contributed by atoms with van der Waals surface area (Å²) in [6, 6.07) is 11.0. The number of nitrogens with zero attached hydrogens (tertiary/aromatic N) is 1. The van der Waals surface area contributed by atoms with Gasteiger partial charge in [0.05, 0.1) is 18.2 Å². The molecule has 5 nitrogen and oxygen atoms in total. The van der Waals surface area contributed by atoms with Crippen LogP contribution in [0.25, 0.3) is 6.08 Å². The molecule has 1 atom stereocenters. The summed E-state index contributed by atoms with van der Waals surface area (Å²) >= 11 is 6.37. The second-order valence-corrected chi connectivity index (χ2v) is 7.22. The Kier molecular flexibility index (Phi) is 7.69. The van der Waals surface area contributed by atoms with Crippen molar-refractivity contribution in [3.63, 3.8) is 0 Å². The molecule has 0 aliphatic heterocycles. The van der Waals surface area contributed by atoms with E-state index >= 15 is 0 Å². The highest BCUT2D eigenvalue weighted by Crippen LogP contribution is 2.38. The molecular weight excluding hydrogens is 388 g/mol. The first-order valence-electron chi connectivity index (χ1n) is 9.33. The number of hydrogen-bond donors (Lipinski definition) is 1. The molecule has 0 radical (unpaired) electrons. The van der Waals surface area contributed by atoms with Gasteiger partial charge in [-0.3, -0.25) is 4.79 Å². The van der Waals surface area contributed by atoms with E-state index in [2.05, 4.69) is 5.32 Å². The zero-order chi connectivity index (χ0) is 21.6. The maximum Gasteiger partial charge on any atom is 0.266 e. The van der Waals surface area contributed by atoms with Gasteiger partial charge in [-0.1, -0.05) is 36.2 Å². The second kappa shape index (κ2) is 9.99. The summed E-state index contributed by atoms with van der Waals surface area (Å²) in [5, 5.41) is 12.6. The lowest BCUT2D eigenvalue weighted by molar-refractivity contribution is -0.112. The molecule has 2 aromatic carbocycles. The van der Waals surface area contributed by atoms with Crippen molar-refractivity contribution in [3.8, 4) is 17.6 Å². The minimum atomic E-state index is -0.491. The number of halogens is 1. The molecule has 0 aliphatic rings. The van der Waals surface area contributed by atoms with Crippen molar-refractivity contribution in [2.24, 2.45) is 0 Å². The molecule has 29 heavy (non-hydrogen) atoms. The minimum Gasteiger partial charge on any atom is -0.493 e. The van der Waals surface area contributed by atoms with E-state index < -0.39 is 5.91 Å². The second-order valence-electron chi connectivity index (χ2n) is 6.81. The molecule has 0 bridgehead atoms. The third-order valence-electron chi connectivity index (χ3n) is 4.45. The Bertz CT molecular complexity index is 977. The number of benzene rings is 2. The predicted octanol–water partition coefficient (Wildman–Crippen LogP) is 5.69. The van der Waals surface area contributed by atoms with Crippen molar-refractivity contribution in [3.05, 3.63) is 57.6 Å². The molecule has 1 unspecified atom stereocenters. The lowest BCUT2D eigenvalue weighted by Gasteiger charge is -2.17. The van der Waals surface area contributed by atoms with Crippen LogP contribution in [0.2, 0.25) is 5.02 Å². The predicted molar refractivity (Wildman–Crippen MR) is 117 cm³/mol. The lowest BCUT2D eigenvalue weighted by atomic mass is 10.1. The molecule has 2 aromatic rings. The largest absolute Gasteiger partial charge is 0.493 e. The van der Waals surface area contributed by atoms with Crippen LogP contribution in [0.1, 0.15) is 37.0 Å². The zero-order valence-corrected chi connectivity index (χ0v) is 18.1. The molecule has 0 fully saturated rings. The molecule has 0 saturated carbocycles. The van der Waals surface area contributed by atoms with Gasteiger partial charge < -0.3 is 14.8 Å². The number of hydrogen-bond acceptors (Lipinski definition) is 4. The van der Waals surface area contributed by atoms with Crippen molar-refractivity contribution in [2.45, 2.75) is 40.2 Å². The summed E-state index contributed by atoms with van der Waals surface area (Å²) in [5.74, 6) is 0.393. The maximum atomic E-state index is 12.6. The third kappa shape index (κ3) is 5.75. The van der Waals surface area contributed by atoms with E-state index in [0.29, 0.717) is 27.8 Å². The van der Waals surface area contributed by atoms with Gasteiger partial charge in [-0.15, -0.1) is 0 Å². The van der Waals surface area contributed by atoms with E-state index in [0.717, 1.165) is 17.5 Å². The van der Waals surface area contributed by atoms with Crippen molar-refractivity contribution in [1.82, 2.24) is 0 Å². The van der Waals surface area contributed by atoms with Gasteiger partial charge in [0.1, 0.15) is 11.6 Å². The highest BCUT2D eigenvalue weighted by atomic mass is 35.5. The third-order valence-corrected chi connectivity index (χ3v) is 4.73. The summed E-state index contributed by atoms with van der Waals surface area (Å²) in [4.78, 5) is 12.6. The zero-order valence-electron chi connectivity index (χ0n) is 17.3. The molecule has 0 heterocycles. The number of anilines is 1. The molecule has 0 saturated heterocycles. The Hall–Kier alpha value is -2.97. The van der Waals surface area contributed by atoms with Gasteiger partial charge in [0.25, 0.3) is 5.91 Å². The van der Waals surface area contributed by atoms with Crippen LogP contribution in [-0.4, -0.2) is 19.1 Å². The fourth-order valence-electron chi connectivity index (χ4n) is 2.68. The summed E-state index contributed by atoms with van der Waals surface area (Å²) in [5.41, 5.74) is 3.20. The van der Waals surface area contributed by atoms with Crippen LogP contribution < -0.4 is 14.8 Å². The number of ether oxygens (including phenoxy) is 2. The highest BCUT2D eigenvalue weighted by molar-refractivity contribution is 6.32. The van der Waals surface area contributed by atoms with E-state index in [1.54, 1.807) is 12.1 Å². The van der Waals surface area contributed by atoms with Gasteiger partial charge in [-0.05, 0) is 62.6 Å².